The molecule has 0 unspecified atom stereocenters. The van der Waals surface area contributed by atoms with Gasteiger partial charge in [0, 0.05) is 0 Å². The summed E-state index contributed by atoms with van der Waals surface area (Å²) in [6, 6.07) is 10.6. The molecule has 0 saturated heterocycles. The van der Waals surface area contributed by atoms with Gasteiger partial charge in [-0.2, -0.15) is 0 Å². The summed E-state index contributed by atoms with van der Waals surface area (Å²) in [4.78, 5) is 0. The first-order chi connectivity index (χ1) is 8.29. The number of hydrogen-bond acceptors (Lipinski definition) is 2. The molecule has 0 N–H and O–H groups in total. The Morgan fingerprint density at radius 2 is 2.12 bits per heavy atom. The molecule has 2 rings (SSSR count). The Balaban J connectivity index is 1.98. The number of rotatable bonds is 4. The van der Waals surface area contributed by atoms with Crippen molar-refractivity contribution in [2.75, 3.05) is 6.61 Å². The van der Waals surface area contributed by atoms with Crippen molar-refractivity contribution in [1.82, 2.24) is 0 Å². The zero-order valence-corrected chi connectivity index (χ0v) is 12.0. The van der Waals surface area contributed by atoms with Gasteiger partial charge in [-0.15, -0.1) is 0 Å². The van der Waals surface area contributed by atoms with E-state index in [-0.39, 0.29) is 6.29 Å². The molecule has 1 aromatic rings. The number of allylic oxidation sites excluding steroid dienone is 1. The second kappa shape index (κ2) is 6.25. The molecule has 0 radical (unpaired) electrons. The quantitative estimate of drug-likeness (QED) is 0.794. The molecule has 2 nitrogen and oxygen atoms in total. The monoisotopic (exact) mass is 298 g/mol. The summed E-state index contributed by atoms with van der Waals surface area (Å²) in [6.07, 6.45) is 2.83. The van der Waals surface area contributed by atoms with Crippen molar-refractivity contribution in [2.24, 2.45) is 5.92 Å². The van der Waals surface area contributed by atoms with E-state index in [0.717, 1.165) is 6.42 Å². The molecule has 92 valence electrons. The van der Waals surface area contributed by atoms with Crippen molar-refractivity contribution < 1.29 is 9.47 Å². The van der Waals surface area contributed by atoms with Crippen LogP contribution < -0.4 is 4.46 Å². The standard InChI is InChI=1S/C14H18O2Se/c1-3-15-14-9-11(2)13(10-16-14)17-12-7-5-4-6-8-12/h4-8,10-11,14H,3,9H2,1-2H3/t11-,14-/m1/s1. The normalized spacial score (nSPS) is 24.0. The summed E-state index contributed by atoms with van der Waals surface area (Å²) in [6.45, 7) is 4.97. The van der Waals surface area contributed by atoms with Crippen LogP contribution in [0.1, 0.15) is 20.3 Å². The molecule has 3 heteroatoms. The van der Waals surface area contributed by atoms with Gasteiger partial charge in [0.1, 0.15) is 0 Å². The van der Waals surface area contributed by atoms with Crippen LogP contribution in [0.15, 0.2) is 41.1 Å². The molecule has 0 fully saturated rings. The van der Waals surface area contributed by atoms with Crippen LogP contribution in [0.4, 0.5) is 0 Å². The molecule has 1 aromatic carbocycles. The topological polar surface area (TPSA) is 18.5 Å². The molecule has 0 amide bonds. The van der Waals surface area contributed by atoms with Crippen molar-refractivity contribution in [3.05, 3.63) is 41.1 Å². The summed E-state index contributed by atoms with van der Waals surface area (Å²) < 4.78 is 13.9. The van der Waals surface area contributed by atoms with Crippen LogP contribution in [0, 0.1) is 5.92 Å². The second-order valence-corrected chi connectivity index (χ2v) is 6.50. The van der Waals surface area contributed by atoms with Crippen LogP contribution in [0.3, 0.4) is 0 Å². The maximum atomic E-state index is 5.60. The van der Waals surface area contributed by atoms with E-state index in [2.05, 4.69) is 37.3 Å². The van der Waals surface area contributed by atoms with Crippen LogP contribution in [0.2, 0.25) is 0 Å². The first kappa shape index (κ1) is 12.7. The van der Waals surface area contributed by atoms with E-state index in [1.54, 1.807) is 0 Å². The Morgan fingerprint density at radius 3 is 2.76 bits per heavy atom. The zero-order valence-electron chi connectivity index (χ0n) is 10.3. The van der Waals surface area contributed by atoms with Crippen molar-refractivity contribution in [2.45, 2.75) is 26.6 Å². The van der Waals surface area contributed by atoms with Gasteiger partial charge in [0.25, 0.3) is 0 Å². The van der Waals surface area contributed by atoms with E-state index in [0.29, 0.717) is 27.5 Å². The molecule has 1 heterocycles. The van der Waals surface area contributed by atoms with Crippen LogP contribution in [0.5, 0.6) is 0 Å². The van der Waals surface area contributed by atoms with E-state index in [1.165, 1.54) is 8.93 Å². The van der Waals surface area contributed by atoms with Crippen LogP contribution in [-0.4, -0.2) is 27.9 Å². The van der Waals surface area contributed by atoms with E-state index in [9.17, 15) is 0 Å². The molecule has 17 heavy (non-hydrogen) atoms. The van der Waals surface area contributed by atoms with Gasteiger partial charge in [-0.25, -0.2) is 0 Å². The average Bonchev–Trinajstić information content (AvgIpc) is 2.34. The summed E-state index contributed by atoms with van der Waals surface area (Å²) in [5.74, 6) is 0.556. The SMILES string of the molecule is CCO[C@H]1C[C@@H](C)C([Se]c2ccccc2)=CO1. The third-order valence-electron chi connectivity index (χ3n) is 2.70. The molecular formula is C14H18O2Se. The predicted molar refractivity (Wildman–Crippen MR) is 70.2 cm³/mol. The predicted octanol–water partition coefficient (Wildman–Crippen LogP) is 2.28. The van der Waals surface area contributed by atoms with Gasteiger partial charge >= 0.3 is 109 Å². The van der Waals surface area contributed by atoms with Crippen LogP contribution >= 0.6 is 0 Å². The molecule has 1 aliphatic heterocycles. The van der Waals surface area contributed by atoms with E-state index >= 15 is 0 Å². The minimum atomic E-state index is -0.0506. The van der Waals surface area contributed by atoms with Gasteiger partial charge in [-0.1, -0.05) is 0 Å². The number of benzene rings is 1. The maximum absolute atomic E-state index is 5.60. The Kier molecular flexibility index (Phi) is 4.66. The van der Waals surface area contributed by atoms with E-state index in [1.807, 2.05) is 13.2 Å². The summed E-state index contributed by atoms with van der Waals surface area (Å²) in [5, 5.41) is 0. The Labute approximate surface area is 109 Å². The number of ether oxygens (including phenoxy) is 2. The fourth-order valence-electron chi connectivity index (χ4n) is 1.76. The average molecular weight is 297 g/mol. The molecule has 2 atom stereocenters. The van der Waals surface area contributed by atoms with Crippen molar-refractivity contribution in [3.8, 4) is 0 Å². The Bertz CT molecular complexity index is 375. The van der Waals surface area contributed by atoms with Crippen molar-refractivity contribution in [3.63, 3.8) is 0 Å². The van der Waals surface area contributed by atoms with Gasteiger partial charge in [-0.3, -0.25) is 0 Å². The summed E-state index contributed by atoms with van der Waals surface area (Å²) in [5.41, 5.74) is 0. The third-order valence-corrected chi connectivity index (χ3v) is 5.31. The van der Waals surface area contributed by atoms with Crippen molar-refractivity contribution >= 4 is 19.4 Å². The van der Waals surface area contributed by atoms with E-state index in [4.69, 9.17) is 9.47 Å². The van der Waals surface area contributed by atoms with Gasteiger partial charge < -0.3 is 0 Å². The second-order valence-electron chi connectivity index (χ2n) is 4.09. The first-order valence-corrected chi connectivity index (χ1v) is 7.71. The Hall–Kier alpha value is -0.761. The first-order valence-electron chi connectivity index (χ1n) is 5.99. The van der Waals surface area contributed by atoms with Gasteiger partial charge in [-0.05, 0) is 0 Å². The number of hydrogen-bond donors (Lipinski definition) is 0. The summed E-state index contributed by atoms with van der Waals surface area (Å²) >= 11 is 0.373. The fraction of sp³-hybridized carbons (Fsp3) is 0.429. The molecule has 1 aliphatic rings. The fourth-order valence-corrected chi connectivity index (χ4v) is 3.79. The van der Waals surface area contributed by atoms with Crippen LogP contribution in [-0.2, 0) is 9.47 Å². The minimum absolute atomic E-state index is 0.0506. The van der Waals surface area contributed by atoms with E-state index < -0.39 is 0 Å². The third kappa shape index (κ3) is 3.60. The Morgan fingerprint density at radius 1 is 1.35 bits per heavy atom. The van der Waals surface area contributed by atoms with Crippen molar-refractivity contribution in [1.29, 1.82) is 0 Å². The van der Waals surface area contributed by atoms with Crippen LogP contribution in [0.25, 0.3) is 0 Å². The molecule has 0 aromatic heterocycles. The molecular weight excluding hydrogens is 279 g/mol. The zero-order chi connectivity index (χ0) is 12.1. The molecule has 0 spiro atoms. The molecule has 0 bridgehead atoms. The van der Waals surface area contributed by atoms with Gasteiger partial charge in [0.05, 0.1) is 0 Å². The van der Waals surface area contributed by atoms with Gasteiger partial charge in [0.2, 0.25) is 0 Å². The molecule has 0 saturated carbocycles. The van der Waals surface area contributed by atoms with Gasteiger partial charge in [0.15, 0.2) is 0 Å². The summed E-state index contributed by atoms with van der Waals surface area (Å²) in [7, 11) is 0. The molecule has 0 aliphatic carbocycles.